The Hall–Kier alpha value is -0.220. The Morgan fingerprint density at radius 1 is 1.40 bits per heavy atom. The predicted octanol–water partition coefficient (Wildman–Crippen LogP) is -0.634. The maximum atomic E-state index is 9.88. The molecule has 0 amide bonds. The number of aliphatic carboxylic acids is 1. The van der Waals surface area contributed by atoms with E-state index < -0.39 is 25.8 Å². The van der Waals surface area contributed by atoms with Gasteiger partial charge in [0.15, 0.2) is 0 Å². The molecule has 0 aliphatic carbocycles. The predicted molar refractivity (Wildman–Crippen MR) is 36.6 cm³/mol. The Morgan fingerprint density at radius 3 is 1.90 bits per heavy atom. The SMILES string of the molecule is CP(O)(O)(O)CCC(=O)O. The first-order valence-electron chi connectivity index (χ1n) is 2.64. The van der Waals surface area contributed by atoms with Gasteiger partial charge in [-0.05, 0) is 0 Å². The molecule has 0 atom stereocenters. The van der Waals surface area contributed by atoms with E-state index in [9.17, 15) is 4.79 Å². The zero-order chi connectivity index (χ0) is 8.44. The van der Waals surface area contributed by atoms with E-state index in [0.717, 1.165) is 6.66 Å². The Kier molecular flexibility index (Phi) is 2.38. The fourth-order valence-electron chi connectivity index (χ4n) is 0.357. The molecule has 0 aromatic rings. The van der Waals surface area contributed by atoms with Gasteiger partial charge in [0.05, 0.1) is 0 Å². The molecule has 4 N–H and O–H groups in total. The third-order valence-corrected chi connectivity index (χ3v) is 2.12. The quantitative estimate of drug-likeness (QED) is 0.422. The molecule has 0 heterocycles. The van der Waals surface area contributed by atoms with E-state index in [-0.39, 0.29) is 0 Å². The molecule has 0 saturated heterocycles. The monoisotopic (exact) mass is 170 g/mol. The summed E-state index contributed by atoms with van der Waals surface area (Å²) in [5, 5.41) is 8.08. The molecule has 5 nitrogen and oxygen atoms in total. The Morgan fingerprint density at radius 2 is 1.80 bits per heavy atom. The number of carbonyl (C=O) groups is 1. The van der Waals surface area contributed by atoms with Crippen LogP contribution in [-0.4, -0.2) is 38.6 Å². The first kappa shape index (κ1) is 9.78. The van der Waals surface area contributed by atoms with Crippen LogP contribution in [-0.2, 0) is 4.79 Å². The van der Waals surface area contributed by atoms with Crippen LogP contribution in [0.5, 0.6) is 0 Å². The van der Waals surface area contributed by atoms with Crippen molar-refractivity contribution >= 4 is 13.3 Å². The van der Waals surface area contributed by atoms with Crippen LogP contribution >= 0.6 is 7.28 Å². The van der Waals surface area contributed by atoms with Crippen LogP contribution in [0.4, 0.5) is 0 Å². The molecule has 0 spiro atoms. The fourth-order valence-corrected chi connectivity index (χ4v) is 1.07. The zero-order valence-corrected chi connectivity index (χ0v) is 6.45. The Labute approximate surface area is 58.1 Å². The number of hydrogen-bond donors (Lipinski definition) is 4. The molecule has 0 saturated carbocycles. The van der Waals surface area contributed by atoms with Gasteiger partial charge in [0.1, 0.15) is 0 Å². The second-order valence-electron chi connectivity index (χ2n) is 2.48. The van der Waals surface area contributed by atoms with Gasteiger partial charge >= 0.3 is 57.1 Å². The van der Waals surface area contributed by atoms with Crippen molar-refractivity contribution in [1.29, 1.82) is 0 Å². The number of carboxylic acid groups (broad SMARTS) is 1. The van der Waals surface area contributed by atoms with E-state index in [0.29, 0.717) is 0 Å². The van der Waals surface area contributed by atoms with Crippen LogP contribution in [0.2, 0.25) is 0 Å². The van der Waals surface area contributed by atoms with Crippen LogP contribution < -0.4 is 0 Å². The molecule has 0 bridgehead atoms. The van der Waals surface area contributed by atoms with Crippen molar-refractivity contribution in [2.24, 2.45) is 0 Å². The summed E-state index contributed by atoms with van der Waals surface area (Å²) in [5.41, 5.74) is 0. The molecule has 0 aliphatic heterocycles. The summed E-state index contributed by atoms with van der Waals surface area (Å²) in [6.45, 7) is 0.856. The van der Waals surface area contributed by atoms with E-state index in [2.05, 4.69) is 0 Å². The molecular formula is C4H11O5P. The van der Waals surface area contributed by atoms with Crippen LogP contribution in [0.15, 0.2) is 0 Å². The van der Waals surface area contributed by atoms with Gasteiger partial charge in [-0.3, -0.25) is 0 Å². The Balaban J connectivity index is 3.81. The average Bonchev–Trinajstić information content (AvgIpc) is 1.57. The summed E-state index contributed by atoms with van der Waals surface area (Å²) in [6.07, 6.45) is -0.918. The van der Waals surface area contributed by atoms with Crippen molar-refractivity contribution in [3.63, 3.8) is 0 Å². The third kappa shape index (κ3) is 7.78. The first-order chi connectivity index (χ1) is 4.17. The van der Waals surface area contributed by atoms with Crippen molar-refractivity contribution in [2.75, 3.05) is 12.8 Å². The van der Waals surface area contributed by atoms with Crippen molar-refractivity contribution in [3.05, 3.63) is 0 Å². The first-order valence-corrected chi connectivity index (χ1v) is 5.37. The van der Waals surface area contributed by atoms with Crippen LogP contribution in [0.1, 0.15) is 6.42 Å². The summed E-state index contributed by atoms with van der Waals surface area (Å²) in [6, 6.07) is 0. The molecule has 0 aliphatic rings. The van der Waals surface area contributed by atoms with Gasteiger partial charge in [-0.1, -0.05) is 0 Å². The molecule has 0 rings (SSSR count). The minimum atomic E-state index is -4.55. The van der Waals surface area contributed by atoms with Crippen LogP contribution in [0.3, 0.4) is 0 Å². The van der Waals surface area contributed by atoms with E-state index in [1.807, 2.05) is 0 Å². The van der Waals surface area contributed by atoms with Gasteiger partial charge in [-0.15, -0.1) is 0 Å². The summed E-state index contributed by atoms with van der Waals surface area (Å²) in [7, 11) is -4.55. The van der Waals surface area contributed by atoms with E-state index in [1.54, 1.807) is 0 Å². The number of carboxylic acids is 1. The molecule has 10 heavy (non-hydrogen) atoms. The molecule has 0 aromatic carbocycles. The van der Waals surface area contributed by atoms with Gasteiger partial charge in [0.25, 0.3) is 0 Å². The van der Waals surface area contributed by atoms with Crippen molar-refractivity contribution < 1.29 is 24.6 Å². The molecule has 0 unspecified atom stereocenters. The average molecular weight is 170 g/mol. The fraction of sp³-hybridized carbons (Fsp3) is 0.750. The van der Waals surface area contributed by atoms with Crippen molar-refractivity contribution in [3.8, 4) is 0 Å². The summed E-state index contributed by atoms with van der Waals surface area (Å²) in [5.74, 6) is -1.16. The van der Waals surface area contributed by atoms with Gasteiger partial charge in [0.2, 0.25) is 0 Å². The molecule has 62 valence electrons. The number of rotatable bonds is 3. The normalized spacial score (nSPS) is 15.8. The van der Waals surface area contributed by atoms with Crippen LogP contribution in [0, 0.1) is 0 Å². The molecule has 0 aromatic heterocycles. The molecule has 6 heteroatoms. The second-order valence-corrected chi connectivity index (χ2v) is 6.14. The summed E-state index contributed by atoms with van der Waals surface area (Å²) >= 11 is 0. The minimum absolute atomic E-state index is 0.433. The maximum absolute atomic E-state index is 9.88. The summed E-state index contributed by atoms with van der Waals surface area (Å²) < 4.78 is 0. The van der Waals surface area contributed by atoms with E-state index >= 15 is 0 Å². The van der Waals surface area contributed by atoms with Gasteiger partial charge in [-0.25, -0.2) is 0 Å². The van der Waals surface area contributed by atoms with E-state index in [1.165, 1.54) is 0 Å². The van der Waals surface area contributed by atoms with Gasteiger partial charge < -0.3 is 0 Å². The molecule has 0 fully saturated rings. The van der Waals surface area contributed by atoms with Crippen molar-refractivity contribution in [1.82, 2.24) is 0 Å². The Bertz CT molecular complexity index is 136. The van der Waals surface area contributed by atoms with Gasteiger partial charge in [0, 0.05) is 0 Å². The number of hydrogen-bond acceptors (Lipinski definition) is 4. The second kappa shape index (κ2) is 2.43. The molecule has 0 radical (unpaired) electrons. The summed E-state index contributed by atoms with van der Waals surface area (Å²) in [4.78, 5) is 36.0. The van der Waals surface area contributed by atoms with Crippen LogP contribution in [0.25, 0.3) is 0 Å². The van der Waals surface area contributed by atoms with Crippen molar-refractivity contribution in [2.45, 2.75) is 6.42 Å². The van der Waals surface area contributed by atoms with Gasteiger partial charge in [-0.2, -0.15) is 0 Å². The van der Waals surface area contributed by atoms with E-state index in [4.69, 9.17) is 19.8 Å². The molecular weight excluding hydrogens is 159 g/mol. The zero-order valence-electron chi connectivity index (χ0n) is 5.56. The topological polar surface area (TPSA) is 98.0 Å². The third-order valence-electron chi connectivity index (χ3n) is 0.849. The standard InChI is InChI=1S/C4H11O5P/c1-10(7,8,9)3-2-4(5)6/h7-9H,2-3H2,1H3,(H,5,6).